The molecule has 3 rings (SSSR count). The van der Waals surface area contributed by atoms with Crippen LogP contribution in [0.4, 0.5) is 0 Å². The summed E-state index contributed by atoms with van der Waals surface area (Å²) in [6.45, 7) is 2.46. The van der Waals surface area contributed by atoms with Crippen LogP contribution in [0.3, 0.4) is 0 Å². The molecule has 0 spiro atoms. The Bertz CT molecular complexity index is 798. The van der Waals surface area contributed by atoms with Gasteiger partial charge in [0.05, 0.1) is 0 Å². The topological polar surface area (TPSA) is 59.8 Å². The number of carbonyl (C=O) groups excluding carboxylic acids is 1. The number of fused-ring (bicyclic) bond motifs is 1. The molecule has 0 saturated heterocycles. The number of benzene rings is 2. The van der Waals surface area contributed by atoms with Crippen molar-refractivity contribution in [3.63, 3.8) is 0 Å². The van der Waals surface area contributed by atoms with E-state index in [4.69, 9.17) is 0 Å². The number of nitrogens with zero attached hydrogens (tertiary/aromatic N) is 3. The third kappa shape index (κ3) is 3.94. The van der Waals surface area contributed by atoms with Crippen molar-refractivity contribution in [1.29, 1.82) is 0 Å². The van der Waals surface area contributed by atoms with Gasteiger partial charge in [-0.15, -0.1) is 0 Å². The Balaban J connectivity index is 1.45. The minimum absolute atomic E-state index is 0.0359. The lowest BCUT2D eigenvalue weighted by molar-refractivity contribution is -0.124. The predicted molar refractivity (Wildman–Crippen MR) is 97.9 cm³/mol. The average molecular weight is 340 g/mol. The van der Waals surface area contributed by atoms with E-state index in [0.29, 0.717) is 6.54 Å². The Morgan fingerprint density at radius 3 is 2.92 bits per heavy atom. The fourth-order valence-corrected chi connectivity index (χ4v) is 3.39. The van der Waals surface area contributed by atoms with Crippen LogP contribution < -0.4 is 5.32 Å². The predicted octanol–water partition coefficient (Wildman–Crippen LogP) is 3.04. The number of amides is 1. The van der Waals surface area contributed by atoms with E-state index in [2.05, 4.69) is 57.9 Å². The van der Waals surface area contributed by atoms with Crippen LogP contribution in [-0.2, 0) is 10.5 Å². The van der Waals surface area contributed by atoms with E-state index in [1.165, 1.54) is 22.7 Å². The zero-order chi connectivity index (χ0) is 16.8. The first-order valence-corrected chi connectivity index (χ1v) is 9.07. The van der Waals surface area contributed by atoms with Crippen molar-refractivity contribution in [1.82, 2.24) is 20.1 Å². The van der Waals surface area contributed by atoms with Gasteiger partial charge in [-0.05, 0) is 23.3 Å². The van der Waals surface area contributed by atoms with Gasteiger partial charge in [0.2, 0.25) is 5.91 Å². The van der Waals surface area contributed by atoms with Gasteiger partial charge in [-0.3, -0.25) is 4.79 Å². The lowest BCUT2D eigenvalue weighted by Crippen LogP contribution is -2.32. The molecule has 1 N–H and O–H groups in total. The highest BCUT2D eigenvalue weighted by atomic mass is 32.2. The summed E-state index contributed by atoms with van der Waals surface area (Å²) >= 11 is 1.82. The molecule has 2 aromatic carbocycles. The van der Waals surface area contributed by atoms with E-state index < -0.39 is 0 Å². The van der Waals surface area contributed by atoms with Crippen LogP contribution in [0.25, 0.3) is 10.8 Å². The van der Waals surface area contributed by atoms with E-state index in [-0.39, 0.29) is 11.9 Å². The second-order valence-electron chi connectivity index (χ2n) is 5.53. The monoisotopic (exact) mass is 340 g/mol. The molecule has 0 aliphatic rings. The van der Waals surface area contributed by atoms with Gasteiger partial charge in [0.25, 0.3) is 0 Å². The Hall–Kier alpha value is -2.34. The molecule has 0 unspecified atom stereocenters. The molecule has 6 heteroatoms. The Kier molecular flexibility index (Phi) is 5.48. The molecule has 0 radical (unpaired) electrons. The fraction of sp³-hybridized carbons (Fsp3) is 0.278. The molecular weight excluding hydrogens is 320 g/mol. The van der Waals surface area contributed by atoms with Crippen LogP contribution in [0.15, 0.2) is 55.1 Å². The first kappa shape index (κ1) is 16.5. The van der Waals surface area contributed by atoms with Gasteiger partial charge in [0, 0.05) is 18.1 Å². The minimum atomic E-state index is -0.337. The molecule has 0 saturated carbocycles. The molecule has 1 amide bonds. The van der Waals surface area contributed by atoms with Crippen molar-refractivity contribution in [3.8, 4) is 0 Å². The first-order valence-electron chi connectivity index (χ1n) is 7.92. The standard InChI is InChI=1S/C18H20N4OS/c1-14(22-13-19-12-21-22)18(23)20-9-10-24-11-16-7-4-6-15-5-2-3-8-17(15)16/h2-8,12-14H,9-11H2,1H3,(H,20,23)/t14-/m0/s1. The molecule has 1 aromatic heterocycles. The molecule has 1 heterocycles. The quantitative estimate of drug-likeness (QED) is 0.672. The molecule has 0 fully saturated rings. The Morgan fingerprint density at radius 1 is 1.25 bits per heavy atom. The van der Waals surface area contributed by atoms with Gasteiger partial charge in [-0.1, -0.05) is 42.5 Å². The van der Waals surface area contributed by atoms with Crippen LogP contribution in [0.2, 0.25) is 0 Å². The highest BCUT2D eigenvalue weighted by molar-refractivity contribution is 7.98. The van der Waals surface area contributed by atoms with Crippen molar-refractivity contribution in [2.24, 2.45) is 0 Å². The summed E-state index contributed by atoms with van der Waals surface area (Å²) < 4.78 is 1.55. The maximum atomic E-state index is 12.0. The zero-order valence-electron chi connectivity index (χ0n) is 13.6. The average Bonchev–Trinajstić information content (AvgIpc) is 3.15. The largest absolute Gasteiger partial charge is 0.353 e. The third-order valence-electron chi connectivity index (χ3n) is 3.90. The molecule has 124 valence electrons. The van der Waals surface area contributed by atoms with E-state index in [1.807, 2.05) is 18.7 Å². The molecule has 0 bridgehead atoms. The van der Waals surface area contributed by atoms with Crippen molar-refractivity contribution in [2.45, 2.75) is 18.7 Å². The lowest BCUT2D eigenvalue weighted by atomic mass is 10.1. The van der Waals surface area contributed by atoms with Crippen LogP contribution >= 0.6 is 11.8 Å². The number of nitrogens with one attached hydrogen (secondary N) is 1. The van der Waals surface area contributed by atoms with Gasteiger partial charge >= 0.3 is 0 Å². The van der Waals surface area contributed by atoms with Crippen molar-refractivity contribution < 1.29 is 4.79 Å². The summed E-state index contributed by atoms with van der Waals surface area (Å²) in [5, 5.41) is 9.51. The fourth-order valence-electron chi connectivity index (χ4n) is 2.53. The Morgan fingerprint density at radius 2 is 2.08 bits per heavy atom. The van der Waals surface area contributed by atoms with Crippen LogP contribution in [-0.4, -0.2) is 33.0 Å². The minimum Gasteiger partial charge on any atom is -0.353 e. The van der Waals surface area contributed by atoms with Gasteiger partial charge < -0.3 is 5.32 Å². The maximum Gasteiger partial charge on any atom is 0.244 e. The smallest absolute Gasteiger partial charge is 0.244 e. The number of rotatable bonds is 7. The maximum absolute atomic E-state index is 12.0. The normalized spacial score (nSPS) is 12.2. The van der Waals surface area contributed by atoms with Crippen molar-refractivity contribution >= 4 is 28.4 Å². The highest BCUT2D eigenvalue weighted by Gasteiger charge is 2.14. The van der Waals surface area contributed by atoms with Crippen LogP contribution in [0.1, 0.15) is 18.5 Å². The lowest BCUT2D eigenvalue weighted by Gasteiger charge is -2.12. The highest BCUT2D eigenvalue weighted by Crippen LogP contribution is 2.22. The summed E-state index contributed by atoms with van der Waals surface area (Å²) in [6, 6.07) is 14.5. The molecule has 3 aromatic rings. The third-order valence-corrected chi connectivity index (χ3v) is 4.90. The van der Waals surface area contributed by atoms with Crippen molar-refractivity contribution in [3.05, 3.63) is 60.7 Å². The summed E-state index contributed by atoms with van der Waals surface area (Å²) in [6.07, 6.45) is 2.99. The van der Waals surface area contributed by atoms with E-state index >= 15 is 0 Å². The van der Waals surface area contributed by atoms with Gasteiger partial charge in [0.1, 0.15) is 18.7 Å². The summed E-state index contributed by atoms with van der Waals surface area (Å²) in [5.74, 6) is 1.78. The van der Waals surface area contributed by atoms with Crippen LogP contribution in [0.5, 0.6) is 0 Å². The number of hydrogen-bond donors (Lipinski definition) is 1. The zero-order valence-corrected chi connectivity index (χ0v) is 14.4. The molecule has 0 aliphatic carbocycles. The van der Waals surface area contributed by atoms with Gasteiger partial charge in [0.15, 0.2) is 0 Å². The van der Waals surface area contributed by atoms with E-state index in [1.54, 1.807) is 11.0 Å². The second kappa shape index (κ2) is 7.97. The van der Waals surface area contributed by atoms with E-state index in [9.17, 15) is 4.79 Å². The van der Waals surface area contributed by atoms with Gasteiger partial charge in [-0.25, -0.2) is 9.67 Å². The summed E-state index contributed by atoms with van der Waals surface area (Å²) in [5.41, 5.74) is 1.33. The molecule has 24 heavy (non-hydrogen) atoms. The summed E-state index contributed by atoms with van der Waals surface area (Å²) in [7, 11) is 0. The van der Waals surface area contributed by atoms with Gasteiger partial charge in [-0.2, -0.15) is 16.9 Å². The molecular formula is C18H20N4OS. The second-order valence-corrected chi connectivity index (χ2v) is 6.64. The first-order chi connectivity index (χ1) is 11.8. The summed E-state index contributed by atoms with van der Waals surface area (Å²) in [4.78, 5) is 15.9. The number of aromatic nitrogens is 3. The Labute approximate surface area is 145 Å². The number of carbonyl (C=O) groups is 1. The SMILES string of the molecule is C[C@@H](C(=O)NCCSCc1cccc2ccccc12)n1cncn1. The molecule has 1 atom stereocenters. The van der Waals surface area contributed by atoms with Crippen LogP contribution in [0, 0.1) is 0 Å². The number of thioether (sulfide) groups is 1. The van der Waals surface area contributed by atoms with E-state index in [0.717, 1.165) is 11.5 Å². The molecule has 0 aliphatic heterocycles. The van der Waals surface area contributed by atoms with Crippen molar-refractivity contribution in [2.75, 3.05) is 12.3 Å². The number of hydrogen-bond acceptors (Lipinski definition) is 4. The molecule has 5 nitrogen and oxygen atoms in total.